The van der Waals surface area contributed by atoms with Crippen molar-refractivity contribution in [3.8, 4) is 0 Å². The highest BCUT2D eigenvalue weighted by molar-refractivity contribution is 5.88. The molecule has 0 unspecified atom stereocenters. The van der Waals surface area contributed by atoms with E-state index in [4.69, 9.17) is 0 Å². The summed E-state index contributed by atoms with van der Waals surface area (Å²) in [6.45, 7) is 3.99. The quantitative estimate of drug-likeness (QED) is 0.467. The van der Waals surface area contributed by atoms with Gasteiger partial charge in [0.1, 0.15) is 5.82 Å². The molecule has 4 rings (SSSR count). The van der Waals surface area contributed by atoms with Crippen LogP contribution in [-0.4, -0.2) is 10.2 Å². The summed E-state index contributed by atoms with van der Waals surface area (Å²) in [6, 6.07) is 19.3. The number of hydrogen-bond donors (Lipinski definition) is 0. The fourth-order valence-corrected chi connectivity index (χ4v) is 3.19. The Hall–Kier alpha value is -3.27. The Kier molecular flexibility index (Phi) is 4.09. The molecule has 3 aromatic carbocycles. The maximum absolute atomic E-state index is 13.7. The SMILES string of the molecule is Cc1cccc(N(c2ccc3cnncc3c2)c2ccc(F)cc2C)c1. The standard InChI is InChI=1S/C22H18FN3/c1-15-4-3-5-20(10-15)26(22-9-7-19(23)11-16(22)2)21-8-6-17-13-24-25-14-18(17)12-21/h3-14H,1-2H3. The third-order valence-electron chi connectivity index (χ3n) is 4.45. The largest absolute Gasteiger partial charge is 0.310 e. The molecule has 0 bridgehead atoms. The van der Waals surface area contributed by atoms with Crippen molar-refractivity contribution in [2.75, 3.05) is 4.90 Å². The van der Waals surface area contributed by atoms with Crippen LogP contribution in [0.15, 0.2) is 73.1 Å². The van der Waals surface area contributed by atoms with Gasteiger partial charge in [-0.2, -0.15) is 10.2 Å². The summed E-state index contributed by atoms with van der Waals surface area (Å²) in [6.07, 6.45) is 3.50. The lowest BCUT2D eigenvalue weighted by molar-refractivity contribution is 0.626. The van der Waals surface area contributed by atoms with Crippen LogP contribution < -0.4 is 4.90 Å². The predicted octanol–water partition coefficient (Wildman–Crippen LogP) is 5.86. The Morgan fingerprint density at radius 3 is 2.31 bits per heavy atom. The van der Waals surface area contributed by atoms with E-state index in [0.717, 1.165) is 33.4 Å². The monoisotopic (exact) mass is 343 g/mol. The van der Waals surface area contributed by atoms with Gasteiger partial charge in [-0.3, -0.25) is 0 Å². The van der Waals surface area contributed by atoms with E-state index in [1.54, 1.807) is 18.5 Å². The Bertz CT molecular complexity index is 1090. The number of nitrogens with zero attached hydrogens (tertiary/aromatic N) is 3. The second kappa shape index (κ2) is 6.56. The van der Waals surface area contributed by atoms with Gasteiger partial charge >= 0.3 is 0 Å². The Morgan fingerprint density at radius 2 is 1.54 bits per heavy atom. The molecule has 0 aliphatic rings. The lowest BCUT2D eigenvalue weighted by atomic mass is 10.1. The number of hydrogen-bond acceptors (Lipinski definition) is 3. The van der Waals surface area contributed by atoms with E-state index < -0.39 is 0 Å². The van der Waals surface area contributed by atoms with Gasteiger partial charge in [-0.25, -0.2) is 4.39 Å². The summed E-state index contributed by atoms with van der Waals surface area (Å²) in [5.41, 5.74) is 5.00. The molecule has 3 nitrogen and oxygen atoms in total. The smallest absolute Gasteiger partial charge is 0.123 e. The molecule has 128 valence electrons. The summed E-state index contributed by atoms with van der Waals surface area (Å²) in [7, 11) is 0. The zero-order valence-corrected chi connectivity index (χ0v) is 14.6. The van der Waals surface area contributed by atoms with Crippen LogP contribution in [0.4, 0.5) is 21.5 Å². The molecule has 0 atom stereocenters. The van der Waals surface area contributed by atoms with E-state index in [1.165, 1.54) is 11.6 Å². The van der Waals surface area contributed by atoms with Gasteiger partial charge in [-0.15, -0.1) is 0 Å². The lowest BCUT2D eigenvalue weighted by Crippen LogP contribution is -2.11. The lowest BCUT2D eigenvalue weighted by Gasteiger charge is -2.27. The van der Waals surface area contributed by atoms with Crippen LogP contribution >= 0.6 is 0 Å². The minimum absolute atomic E-state index is 0.232. The topological polar surface area (TPSA) is 29.0 Å². The molecule has 4 heteroatoms. The van der Waals surface area contributed by atoms with Crippen molar-refractivity contribution in [3.05, 3.63) is 90.0 Å². The average molecular weight is 343 g/mol. The zero-order valence-electron chi connectivity index (χ0n) is 14.6. The van der Waals surface area contributed by atoms with Gasteiger partial charge in [0.25, 0.3) is 0 Å². The van der Waals surface area contributed by atoms with E-state index in [0.29, 0.717) is 0 Å². The molecule has 1 aromatic heterocycles. The van der Waals surface area contributed by atoms with Crippen molar-refractivity contribution in [3.63, 3.8) is 0 Å². The predicted molar refractivity (Wildman–Crippen MR) is 104 cm³/mol. The normalized spacial score (nSPS) is 10.9. The summed E-state index contributed by atoms with van der Waals surface area (Å²) < 4.78 is 13.7. The van der Waals surface area contributed by atoms with E-state index in [2.05, 4.69) is 52.4 Å². The summed E-state index contributed by atoms with van der Waals surface area (Å²) in [5.74, 6) is -0.232. The fraction of sp³-hybridized carbons (Fsp3) is 0.0909. The van der Waals surface area contributed by atoms with E-state index in [1.807, 2.05) is 25.1 Å². The number of aryl methyl sites for hydroxylation is 2. The first-order valence-corrected chi connectivity index (χ1v) is 8.45. The van der Waals surface area contributed by atoms with Gasteiger partial charge in [0.15, 0.2) is 0 Å². The van der Waals surface area contributed by atoms with Crippen LogP contribution in [0.3, 0.4) is 0 Å². The second-order valence-electron chi connectivity index (χ2n) is 6.41. The molecule has 0 radical (unpaired) electrons. The van der Waals surface area contributed by atoms with Gasteiger partial charge in [0.05, 0.1) is 12.4 Å². The molecule has 0 spiro atoms. The molecular formula is C22H18FN3. The first kappa shape index (κ1) is 16.2. The van der Waals surface area contributed by atoms with E-state index >= 15 is 0 Å². The van der Waals surface area contributed by atoms with Crippen molar-refractivity contribution in [1.82, 2.24) is 10.2 Å². The summed E-state index contributed by atoms with van der Waals surface area (Å²) >= 11 is 0. The molecule has 0 aliphatic heterocycles. The molecule has 0 aliphatic carbocycles. The molecule has 0 fully saturated rings. The van der Waals surface area contributed by atoms with Crippen molar-refractivity contribution in [1.29, 1.82) is 0 Å². The molecule has 1 heterocycles. The van der Waals surface area contributed by atoms with Gasteiger partial charge in [0, 0.05) is 27.8 Å². The first-order chi connectivity index (χ1) is 12.6. The highest BCUT2D eigenvalue weighted by Crippen LogP contribution is 2.37. The van der Waals surface area contributed by atoms with Crippen molar-refractivity contribution in [2.24, 2.45) is 0 Å². The highest BCUT2D eigenvalue weighted by atomic mass is 19.1. The van der Waals surface area contributed by atoms with Crippen LogP contribution in [0, 0.1) is 19.7 Å². The van der Waals surface area contributed by atoms with Crippen LogP contribution in [0.1, 0.15) is 11.1 Å². The molecule has 0 saturated heterocycles. The van der Waals surface area contributed by atoms with Crippen molar-refractivity contribution >= 4 is 27.8 Å². The number of aromatic nitrogens is 2. The third kappa shape index (κ3) is 3.02. The highest BCUT2D eigenvalue weighted by Gasteiger charge is 2.15. The molecule has 26 heavy (non-hydrogen) atoms. The molecule has 4 aromatic rings. The maximum atomic E-state index is 13.7. The molecule has 0 saturated carbocycles. The Morgan fingerprint density at radius 1 is 0.769 bits per heavy atom. The average Bonchev–Trinajstić information content (AvgIpc) is 2.64. The minimum atomic E-state index is -0.232. The van der Waals surface area contributed by atoms with Crippen molar-refractivity contribution < 1.29 is 4.39 Å². The van der Waals surface area contributed by atoms with Crippen LogP contribution in [0.2, 0.25) is 0 Å². The summed E-state index contributed by atoms with van der Waals surface area (Å²) in [4.78, 5) is 2.14. The third-order valence-corrected chi connectivity index (χ3v) is 4.45. The van der Waals surface area contributed by atoms with E-state index in [-0.39, 0.29) is 5.82 Å². The Balaban J connectivity index is 1.94. The number of fused-ring (bicyclic) bond motifs is 1. The summed E-state index contributed by atoms with van der Waals surface area (Å²) in [5, 5.41) is 9.96. The number of halogens is 1. The maximum Gasteiger partial charge on any atom is 0.123 e. The number of rotatable bonds is 3. The van der Waals surface area contributed by atoms with Crippen LogP contribution in [-0.2, 0) is 0 Å². The molecule has 0 amide bonds. The van der Waals surface area contributed by atoms with Gasteiger partial charge < -0.3 is 4.90 Å². The minimum Gasteiger partial charge on any atom is -0.310 e. The Labute approximate surface area is 151 Å². The van der Waals surface area contributed by atoms with Gasteiger partial charge in [-0.05, 0) is 67.4 Å². The second-order valence-corrected chi connectivity index (χ2v) is 6.41. The van der Waals surface area contributed by atoms with E-state index in [9.17, 15) is 4.39 Å². The molecule has 0 N–H and O–H groups in total. The van der Waals surface area contributed by atoms with Gasteiger partial charge in [0.2, 0.25) is 0 Å². The van der Waals surface area contributed by atoms with Crippen LogP contribution in [0.25, 0.3) is 10.8 Å². The molecular weight excluding hydrogens is 325 g/mol. The first-order valence-electron chi connectivity index (χ1n) is 8.45. The van der Waals surface area contributed by atoms with Crippen LogP contribution in [0.5, 0.6) is 0 Å². The number of benzene rings is 3. The van der Waals surface area contributed by atoms with Crippen molar-refractivity contribution in [2.45, 2.75) is 13.8 Å². The van der Waals surface area contributed by atoms with Gasteiger partial charge in [-0.1, -0.05) is 18.2 Å². The fourth-order valence-electron chi connectivity index (χ4n) is 3.19. The number of anilines is 3. The zero-order chi connectivity index (χ0) is 18.1.